The van der Waals surface area contributed by atoms with Crippen LogP contribution in [0.3, 0.4) is 0 Å². The molecule has 0 aliphatic carbocycles. The number of fused-ring (bicyclic) bond motifs is 1. The monoisotopic (exact) mass is 340 g/mol. The van der Waals surface area contributed by atoms with Crippen molar-refractivity contribution in [1.82, 2.24) is 14.6 Å². The van der Waals surface area contributed by atoms with Gasteiger partial charge in [0, 0.05) is 37.9 Å². The van der Waals surface area contributed by atoms with Gasteiger partial charge in [0.05, 0.1) is 18.5 Å². The first kappa shape index (κ1) is 16.0. The van der Waals surface area contributed by atoms with Gasteiger partial charge in [-0.05, 0) is 30.9 Å². The summed E-state index contributed by atoms with van der Waals surface area (Å²) in [5.41, 5.74) is 1.87. The Morgan fingerprint density at radius 2 is 2.16 bits per heavy atom. The minimum Gasteiger partial charge on any atom is -0.384 e. The molecule has 5 nitrogen and oxygen atoms in total. The molecule has 4 rings (SSSR count). The van der Waals surface area contributed by atoms with Crippen LogP contribution >= 0.6 is 0 Å². The molecule has 0 bridgehead atoms. The summed E-state index contributed by atoms with van der Waals surface area (Å²) in [6.45, 7) is 2.61. The number of anilines is 1. The van der Waals surface area contributed by atoms with E-state index in [-0.39, 0.29) is 5.82 Å². The van der Waals surface area contributed by atoms with Crippen molar-refractivity contribution in [3.63, 3.8) is 0 Å². The molecule has 0 saturated carbocycles. The second kappa shape index (κ2) is 6.80. The zero-order valence-corrected chi connectivity index (χ0v) is 14.2. The number of hydrogen-bond acceptors (Lipinski definition) is 4. The van der Waals surface area contributed by atoms with Crippen molar-refractivity contribution in [3.05, 3.63) is 48.4 Å². The largest absolute Gasteiger partial charge is 0.384 e. The summed E-state index contributed by atoms with van der Waals surface area (Å²) < 4.78 is 21.4. The Balaban J connectivity index is 1.78. The number of ether oxygens (including phenoxy) is 1. The maximum absolute atomic E-state index is 14.2. The van der Waals surface area contributed by atoms with Crippen molar-refractivity contribution < 1.29 is 9.13 Å². The van der Waals surface area contributed by atoms with Crippen LogP contribution < -0.4 is 4.90 Å². The molecular formula is C19H21FN4O. The van der Waals surface area contributed by atoms with Gasteiger partial charge in [-0.2, -0.15) is 9.61 Å². The van der Waals surface area contributed by atoms with Gasteiger partial charge in [-0.15, -0.1) is 0 Å². The molecule has 1 aromatic carbocycles. The third-order valence-corrected chi connectivity index (χ3v) is 4.74. The first-order valence-electron chi connectivity index (χ1n) is 8.60. The molecule has 0 radical (unpaired) electrons. The summed E-state index contributed by atoms with van der Waals surface area (Å²) in [6.07, 6.45) is 4.00. The average Bonchev–Trinajstić information content (AvgIpc) is 3.10. The van der Waals surface area contributed by atoms with Crippen LogP contribution in [0.4, 0.5) is 10.2 Å². The molecule has 1 fully saturated rings. The van der Waals surface area contributed by atoms with Gasteiger partial charge in [0.15, 0.2) is 5.65 Å². The molecule has 1 saturated heterocycles. The summed E-state index contributed by atoms with van der Waals surface area (Å²) in [6, 6.07) is 10.5. The lowest BCUT2D eigenvalue weighted by Crippen LogP contribution is -2.38. The second-order valence-corrected chi connectivity index (χ2v) is 6.49. The minimum absolute atomic E-state index is 0.263. The molecule has 6 heteroatoms. The van der Waals surface area contributed by atoms with Crippen LogP contribution in [0.2, 0.25) is 0 Å². The fourth-order valence-corrected chi connectivity index (χ4v) is 3.57. The molecule has 0 N–H and O–H groups in total. The van der Waals surface area contributed by atoms with Crippen LogP contribution in [0.1, 0.15) is 12.8 Å². The number of hydrogen-bond donors (Lipinski definition) is 0. The van der Waals surface area contributed by atoms with Crippen LogP contribution in [0.25, 0.3) is 16.9 Å². The highest BCUT2D eigenvalue weighted by Gasteiger charge is 2.23. The Morgan fingerprint density at radius 3 is 3.00 bits per heavy atom. The third kappa shape index (κ3) is 3.09. The standard InChI is InChI=1S/C19H21FN4O/c1-25-13-14-5-4-10-23(12-14)19-11-17(15-6-2-3-7-16(15)20)22-18-8-9-21-24(18)19/h2-3,6-9,11,14H,4-5,10,12-13H2,1H3/t14-/m1/s1. The first-order valence-corrected chi connectivity index (χ1v) is 8.60. The number of nitrogens with zero attached hydrogens (tertiary/aromatic N) is 4. The number of benzene rings is 1. The predicted octanol–water partition coefficient (Wildman–Crippen LogP) is 3.40. The quantitative estimate of drug-likeness (QED) is 0.730. The lowest BCUT2D eigenvalue weighted by atomic mass is 9.99. The van der Waals surface area contributed by atoms with E-state index in [0.29, 0.717) is 17.2 Å². The second-order valence-electron chi connectivity index (χ2n) is 6.49. The van der Waals surface area contributed by atoms with Crippen molar-refractivity contribution >= 4 is 11.5 Å². The molecule has 3 heterocycles. The SMILES string of the molecule is COC[C@@H]1CCCN(c2cc(-c3ccccc3F)nc3ccnn23)C1. The van der Waals surface area contributed by atoms with Crippen molar-refractivity contribution in [1.29, 1.82) is 0 Å². The summed E-state index contributed by atoms with van der Waals surface area (Å²) in [5, 5.41) is 4.41. The molecule has 130 valence electrons. The van der Waals surface area contributed by atoms with Crippen LogP contribution in [0.15, 0.2) is 42.6 Å². The Labute approximate surface area is 146 Å². The van der Waals surface area contributed by atoms with Crippen molar-refractivity contribution in [3.8, 4) is 11.3 Å². The normalized spacial score (nSPS) is 18.0. The van der Waals surface area contributed by atoms with Gasteiger partial charge >= 0.3 is 0 Å². The lowest BCUT2D eigenvalue weighted by Gasteiger charge is -2.34. The van der Waals surface area contributed by atoms with Gasteiger partial charge < -0.3 is 9.64 Å². The fraction of sp³-hybridized carbons (Fsp3) is 0.368. The van der Waals surface area contributed by atoms with Crippen LogP contribution in [0.5, 0.6) is 0 Å². The fourth-order valence-electron chi connectivity index (χ4n) is 3.57. The molecule has 1 aliphatic rings. The van der Waals surface area contributed by atoms with E-state index in [1.54, 1.807) is 25.4 Å². The van der Waals surface area contributed by atoms with Gasteiger partial charge in [-0.3, -0.25) is 0 Å². The molecule has 3 aromatic rings. The highest BCUT2D eigenvalue weighted by atomic mass is 19.1. The van der Waals surface area contributed by atoms with Crippen molar-refractivity contribution in [2.24, 2.45) is 5.92 Å². The van der Waals surface area contributed by atoms with Gasteiger partial charge in [0.25, 0.3) is 0 Å². The molecule has 2 aromatic heterocycles. The van der Waals surface area contributed by atoms with E-state index in [4.69, 9.17) is 4.74 Å². The number of halogens is 1. The maximum Gasteiger partial charge on any atom is 0.157 e. The summed E-state index contributed by atoms with van der Waals surface area (Å²) >= 11 is 0. The summed E-state index contributed by atoms with van der Waals surface area (Å²) in [7, 11) is 1.74. The third-order valence-electron chi connectivity index (χ3n) is 4.74. The van der Waals surface area contributed by atoms with E-state index in [1.807, 2.05) is 22.7 Å². The predicted molar refractivity (Wildman–Crippen MR) is 95.2 cm³/mol. The van der Waals surface area contributed by atoms with E-state index in [0.717, 1.165) is 44.0 Å². The number of rotatable bonds is 4. The molecule has 0 unspecified atom stereocenters. The van der Waals surface area contributed by atoms with Crippen LogP contribution in [-0.4, -0.2) is 41.4 Å². The Hall–Kier alpha value is -2.47. The summed E-state index contributed by atoms with van der Waals surface area (Å²) in [5.74, 6) is 1.18. The van der Waals surface area contributed by atoms with E-state index in [2.05, 4.69) is 15.0 Å². The minimum atomic E-state index is -0.263. The molecule has 0 spiro atoms. The average molecular weight is 340 g/mol. The van der Waals surface area contributed by atoms with E-state index < -0.39 is 0 Å². The van der Waals surface area contributed by atoms with Crippen LogP contribution in [-0.2, 0) is 4.74 Å². The van der Waals surface area contributed by atoms with Gasteiger partial charge in [0.1, 0.15) is 11.6 Å². The molecule has 1 atom stereocenters. The van der Waals surface area contributed by atoms with Gasteiger partial charge in [-0.1, -0.05) is 12.1 Å². The van der Waals surface area contributed by atoms with Gasteiger partial charge in [0.2, 0.25) is 0 Å². The Bertz CT molecular complexity index is 877. The lowest BCUT2D eigenvalue weighted by molar-refractivity contribution is 0.143. The van der Waals surface area contributed by atoms with Crippen molar-refractivity contribution in [2.45, 2.75) is 12.8 Å². The zero-order valence-electron chi connectivity index (χ0n) is 14.2. The number of aromatic nitrogens is 3. The van der Waals surface area contributed by atoms with Crippen LogP contribution in [0, 0.1) is 11.7 Å². The highest BCUT2D eigenvalue weighted by molar-refractivity contribution is 5.67. The molecule has 1 aliphatic heterocycles. The maximum atomic E-state index is 14.2. The number of methoxy groups -OCH3 is 1. The van der Waals surface area contributed by atoms with E-state index in [9.17, 15) is 4.39 Å². The van der Waals surface area contributed by atoms with E-state index >= 15 is 0 Å². The first-order chi connectivity index (χ1) is 12.3. The van der Waals surface area contributed by atoms with Gasteiger partial charge in [-0.25, -0.2) is 9.37 Å². The highest BCUT2D eigenvalue weighted by Crippen LogP contribution is 2.29. The summed E-state index contributed by atoms with van der Waals surface area (Å²) in [4.78, 5) is 6.89. The van der Waals surface area contributed by atoms with E-state index in [1.165, 1.54) is 6.07 Å². The topological polar surface area (TPSA) is 42.7 Å². The Morgan fingerprint density at radius 1 is 1.28 bits per heavy atom. The smallest absolute Gasteiger partial charge is 0.157 e. The molecule has 25 heavy (non-hydrogen) atoms. The van der Waals surface area contributed by atoms with Crippen molar-refractivity contribution in [2.75, 3.05) is 31.7 Å². The number of piperidine rings is 1. The Kier molecular flexibility index (Phi) is 4.36. The molecule has 0 amide bonds. The zero-order chi connectivity index (χ0) is 17.2. The molecular weight excluding hydrogens is 319 g/mol.